The molecule has 2 aromatic carbocycles. The van der Waals surface area contributed by atoms with Crippen LogP contribution in [0.1, 0.15) is 41.6 Å². The van der Waals surface area contributed by atoms with Crippen molar-refractivity contribution in [2.45, 2.75) is 25.7 Å². The molecule has 3 amide bonds. The van der Waals surface area contributed by atoms with Crippen LogP contribution < -0.4 is 21.3 Å². The minimum atomic E-state index is -0.370. The van der Waals surface area contributed by atoms with Crippen molar-refractivity contribution in [2.24, 2.45) is 0 Å². The molecule has 4 N–H and O–H groups in total. The highest BCUT2D eigenvalue weighted by molar-refractivity contribution is 6.30. The van der Waals surface area contributed by atoms with Crippen LogP contribution in [0.2, 0.25) is 5.02 Å². The molecule has 0 spiro atoms. The van der Waals surface area contributed by atoms with Crippen LogP contribution in [0.15, 0.2) is 60.8 Å². The molecule has 1 aromatic heterocycles. The van der Waals surface area contributed by atoms with E-state index in [1.165, 1.54) is 24.6 Å². The van der Waals surface area contributed by atoms with Crippen molar-refractivity contribution >= 4 is 46.4 Å². The Morgan fingerprint density at radius 1 is 1.00 bits per heavy atom. The van der Waals surface area contributed by atoms with Gasteiger partial charge in [0.05, 0.1) is 11.3 Å². The monoisotopic (exact) mass is 449 g/mol. The van der Waals surface area contributed by atoms with E-state index in [9.17, 15) is 9.59 Å². The van der Waals surface area contributed by atoms with Gasteiger partial charge in [0.1, 0.15) is 5.82 Å². The van der Waals surface area contributed by atoms with Gasteiger partial charge in [-0.2, -0.15) is 0 Å². The summed E-state index contributed by atoms with van der Waals surface area (Å²) in [5.41, 5.74) is 3.60. The lowest BCUT2D eigenvalue weighted by molar-refractivity contribution is 0.102. The van der Waals surface area contributed by atoms with Crippen LogP contribution >= 0.6 is 11.6 Å². The van der Waals surface area contributed by atoms with E-state index in [0.29, 0.717) is 40.2 Å². The maximum Gasteiger partial charge on any atom is 0.320 e. The summed E-state index contributed by atoms with van der Waals surface area (Å²) in [6, 6.07) is 16.3. The molecular weight excluding hydrogens is 426 g/mol. The van der Waals surface area contributed by atoms with Gasteiger partial charge in [0.15, 0.2) is 0 Å². The first-order valence-electron chi connectivity index (χ1n) is 10.5. The molecule has 0 saturated heterocycles. The molecule has 164 valence electrons. The Labute approximate surface area is 191 Å². The highest BCUT2D eigenvalue weighted by Crippen LogP contribution is 2.40. The van der Waals surface area contributed by atoms with E-state index in [0.717, 1.165) is 5.69 Å². The van der Waals surface area contributed by atoms with E-state index < -0.39 is 0 Å². The van der Waals surface area contributed by atoms with Crippen LogP contribution in [0, 0.1) is 0 Å². The Morgan fingerprint density at radius 2 is 1.69 bits per heavy atom. The number of nitrogens with zero attached hydrogens (tertiary/aromatic N) is 1. The van der Waals surface area contributed by atoms with E-state index in [1.54, 1.807) is 30.3 Å². The molecule has 7 nitrogen and oxygen atoms in total. The number of nitrogens with one attached hydrogen (secondary N) is 4. The number of hydrogen-bond acceptors (Lipinski definition) is 4. The summed E-state index contributed by atoms with van der Waals surface area (Å²) in [7, 11) is 0. The van der Waals surface area contributed by atoms with Crippen molar-refractivity contribution in [1.82, 2.24) is 10.3 Å². The fraction of sp³-hybridized carbons (Fsp3) is 0.208. The third kappa shape index (κ3) is 5.56. The largest absolute Gasteiger partial charge is 0.355 e. The van der Waals surface area contributed by atoms with Crippen LogP contribution in [0.5, 0.6) is 0 Å². The molecule has 1 fully saturated rings. The molecule has 0 atom stereocenters. The molecule has 4 rings (SSSR count). The van der Waals surface area contributed by atoms with Gasteiger partial charge in [0.25, 0.3) is 5.91 Å². The second-order valence-corrected chi connectivity index (χ2v) is 8.02. The van der Waals surface area contributed by atoms with Gasteiger partial charge in [-0.05, 0) is 67.6 Å². The predicted octanol–water partition coefficient (Wildman–Crippen LogP) is 5.75. The number of pyridine rings is 1. The first kappa shape index (κ1) is 21.6. The Balaban J connectivity index is 1.57. The van der Waals surface area contributed by atoms with E-state index in [-0.39, 0.29) is 11.9 Å². The zero-order chi connectivity index (χ0) is 22.5. The number of amides is 3. The van der Waals surface area contributed by atoms with E-state index >= 15 is 0 Å². The van der Waals surface area contributed by atoms with Crippen molar-refractivity contribution < 1.29 is 9.59 Å². The topological polar surface area (TPSA) is 95.2 Å². The Bertz CT molecular complexity index is 1110. The van der Waals surface area contributed by atoms with Crippen molar-refractivity contribution in [3.63, 3.8) is 0 Å². The van der Waals surface area contributed by atoms with E-state index in [1.807, 2.05) is 19.1 Å². The van der Waals surface area contributed by atoms with Gasteiger partial charge in [-0.15, -0.1) is 0 Å². The molecule has 3 aromatic rings. The second-order valence-electron chi connectivity index (χ2n) is 7.58. The zero-order valence-electron chi connectivity index (χ0n) is 17.6. The number of anilines is 4. The standard InChI is InChI=1S/C24H24ClN5O2/c1-2-26-24(32)30-22-13-21(28-18-11-7-17(25)8-12-18)20(14-27-22)23(31)29-19-9-5-16(6-10-19)15-3-4-15/h5-15H,2-4H2,1H3,(H,29,31)(H3,26,27,28,30,32). The lowest BCUT2D eigenvalue weighted by atomic mass is 10.1. The van der Waals surface area contributed by atoms with Gasteiger partial charge >= 0.3 is 6.03 Å². The molecule has 1 aliphatic carbocycles. The Kier molecular flexibility index (Phi) is 6.56. The summed E-state index contributed by atoms with van der Waals surface area (Å²) >= 11 is 5.98. The van der Waals surface area contributed by atoms with Crippen LogP contribution in [-0.2, 0) is 0 Å². The highest BCUT2D eigenvalue weighted by atomic mass is 35.5. The molecule has 0 radical (unpaired) electrons. The number of aromatic nitrogens is 1. The quantitative estimate of drug-likeness (QED) is 0.369. The average molecular weight is 450 g/mol. The lowest BCUT2D eigenvalue weighted by Crippen LogP contribution is -2.28. The van der Waals surface area contributed by atoms with Crippen LogP contribution in [0.3, 0.4) is 0 Å². The van der Waals surface area contributed by atoms with Gasteiger partial charge in [-0.1, -0.05) is 23.7 Å². The second kappa shape index (κ2) is 9.70. The van der Waals surface area contributed by atoms with Crippen LogP contribution in [-0.4, -0.2) is 23.5 Å². The summed E-state index contributed by atoms with van der Waals surface area (Å²) in [5, 5.41) is 12.1. The van der Waals surface area contributed by atoms with Crippen LogP contribution in [0.4, 0.5) is 27.7 Å². The number of benzene rings is 2. The minimum absolute atomic E-state index is 0.308. The number of urea groups is 1. The number of hydrogen-bond donors (Lipinski definition) is 4. The first-order valence-corrected chi connectivity index (χ1v) is 10.9. The fourth-order valence-corrected chi connectivity index (χ4v) is 3.40. The number of halogens is 1. The molecule has 1 saturated carbocycles. The first-order chi connectivity index (χ1) is 15.5. The molecule has 0 unspecified atom stereocenters. The van der Waals surface area contributed by atoms with Crippen LogP contribution in [0.25, 0.3) is 0 Å². The summed E-state index contributed by atoms with van der Waals surface area (Å²) in [6.45, 7) is 2.31. The van der Waals surface area contributed by atoms with Gasteiger partial charge in [0, 0.05) is 35.2 Å². The number of carbonyl (C=O) groups excluding carboxylic acids is 2. The smallest absolute Gasteiger partial charge is 0.320 e. The van der Waals surface area contributed by atoms with Crippen molar-refractivity contribution in [2.75, 3.05) is 22.5 Å². The van der Waals surface area contributed by atoms with Gasteiger partial charge in [-0.25, -0.2) is 9.78 Å². The fourth-order valence-electron chi connectivity index (χ4n) is 3.27. The summed E-state index contributed by atoms with van der Waals surface area (Å²) in [4.78, 5) is 29.1. The number of carbonyl (C=O) groups is 2. The average Bonchev–Trinajstić information content (AvgIpc) is 3.62. The third-order valence-corrected chi connectivity index (χ3v) is 5.32. The molecule has 8 heteroatoms. The van der Waals surface area contributed by atoms with Gasteiger partial charge < -0.3 is 16.0 Å². The minimum Gasteiger partial charge on any atom is -0.355 e. The predicted molar refractivity (Wildman–Crippen MR) is 128 cm³/mol. The number of rotatable bonds is 7. The maximum absolute atomic E-state index is 13.0. The molecule has 32 heavy (non-hydrogen) atoms. The van der Waals surface area contributed by atoms with Crippen molar-refractivity contribution in [3.8, 4) is 0 Å². The zero-order valence-corrected chi connectivity index (χ0v) is 18.4. The highest BCUT2D eigenvalue weighted by Gasteiger charge is 2.23. The van der Waals surface area contributed by atoms with Crippen molar-refractivity contribution in [1.29, 1.82) is 0 Å². The Hall–Kier alpha value is -3.58. The molecule has 0 aliphatic heterocycles. The molecule has 1 aliphatic rings. The molecule has 1 heterocycles. The summed E-state index contributed by atoms with van der Waals surface area (Å²) in [6.07, 6.45) is 3.90. The third-order valence-electron chi connectivity index (χ3n) is 5.07. The molecule has 0 bridgehead atoms. The van der Waals surface area contributed by atoms with Gasteiger partial charge in [0.2, 0.25) is 0 Å². The normalized spacial score (nSPS) is 12.7. The van der Waals surface area contributed by atoms with Gasteiger partial charge in [-0.3, -0.25) is 10.1 Å². The maximum atomic E-state index is 13.0. The summed E-state index contributed by atoms with van der Waals surface area (Å²) < 4.78 is 0. The van der Waals surface area contributed by atoms with Crippen molar-refractivity contribution in [3.05, 3.63) is 76.9 Å². The van der Waals surface area contributed by atoms with E-state index in [4.69, 9.17) is 11.6 Å². The lowest BCUT2D eigenvalue weighted by Gasteiger charge is -2.14. The SMILES string of the molecule is CCNC(=O)Nc1cc(Nc2ccc(Cl)cc2)c(C(=O)Nc2ccc(C3CC3)cc2)cn1. The Morgan fingerprint density at radius 3 is 2.34 bits per heavy atom. The summed E-state index contributed by atoms with van der Waals surface area (Å²) in [5.74, 6) is 0.666. The van der Waals surface area contributed by atoms with E-state index in [2.05, 4.69) is 38.4 Å². The molecular formula is C24H24ClN5O2.